The molecule has 100 valence electrons. The van der Waals surface area contributed by atoms with Crippen molar-refractivity contribution in [3.8, 4) is 5.75 Å². The topological polar surface area (TPSA) is 64.6 Å². The van der Waals surface area contributed by atoms with E-state index in [2.05, 4.69) is 10.1 Å². The van der Waals surface area contributed by atoms with Gasteiger partial charge in [-0.2, -0.15) is 0 Å². The van der Waals surface area contributed by atoms with Crippen molar-refractivity contribution in [2.75, 3.05) is 12.4 Å². The van der Waals surface area contributed by atoms with Crippen molar-refractivity contribution >= 4 is 28.4 Å². The number of methoxy groups -OCH3 is 1. The van der Waals surface area contributed by atoms with Crippen LogP contribution in [0.15, 0.2) is 48.2 Å². The summed E-state index contributed by atoms with van der Waals surface area (Å²) >= 11 is 0. The van der Waals surface area contributed by atoms with Gasteiger partial charge in [-0.1, -0.05) is 24.3 Å². The fraction of sp³-hybridized carbons (Fsp3) is 0.0667. The molecule has 0 fully saturated rings. The fourth-order valence-corrected chi connectivity index (χ4v) is 2.02. The second-order valence-corrected chi connectivity index (χ2v) is 4.29. The molecule has 2 aromatic rings. The average molecular weight is 269 g/mol. The van der Waals surface area contributed by atoms with Crippen LogP contribution in [-0.2, 0) is 14.3 Å². The normalized spacial score (nSPS) is 15.4. The van der Waals surface area contributed by atoms with Crippen molar-refractivity contribution in [3.05, 3.63) is 48.2 Å². The van der Waals surface area contributed by atoms with E-state index in [1.54, 1.807) is 6.07 Å². The van der Waals surface area contributed by atoms with E-state index >= 15 is 0 Å². The third kappa shape index (κ3) is 2.09. The second-order valence-electron chi connectivity index (χ2n) is 4.29. The molecule has 3 rings (SSSR count). The Labute approximate surface area is 114 Å². The average Bonchev–Trinajstić information content (AvgIpc) is 2.46. The summed E-state index contributed by atoms with van der Waals surface area (Å²) in [5.74, 6) is -0.789. The molecule has 5 nitrogen and oxygen atoms in total. The van der Waals surface area contributed by atoms with Crippen molar-refractivity contribution in [1.29, 1.82) is 0 Å². The largest absolute Gasteiger partial charge is 0.466 e. The number of benzene rings is 2. The van der Waals surface area contributed by atoms with E-state index in [1.165, 1.54) is 7.11 Å². The van der Waals surface area contributed by atoms with Crippen LogP contribution in [0.5, 0.6) is 5.75 Å². The SMILES string of the molecule is COC(=O)/C=C1\Nc2cc3ccccc3cc2OC1=O. The molecular formula is C15H11NO4. The zero-order valence-electron chi connectivity index (χ0n) is 10.7. The number of ether oxygens (including phenoxy) is 2. The van der Waals surface area contributed by atoms with Gasteiger partial charge >= 0.3 is 11.9 Å². The lowest BCUT2D eigenvalue weighted by atomic mass is 10.1. The molecule has 1 heterocycles. The number of carbonyl (C=O) groups excluding carboxylic acids is 2. The zero-order chi connectivity index (χ0) is 14.1. The summed E-state index contributed by atoms with van der Waals surface area (Å²) in [7, 11) is 1.25. The van der Waals surface area contributed by atoms with Gasteiger partial charge in [0, 0.05) is 0 Å². The van der Waals surface area contributed by atoms with E-state index in [-0.39, 0.29) is 5.70 Å². The first kappa shape index (κ1) is 12.2. The van der Waals surface area contributed by atoms with Gasteiger partial charge in [0.1, 0.15) is 5.70 Å². The van der Waals surface area contributed by atoms with Crippen LogP contribution in [0.2, 0.25) is 0 Å². The number of fused-ring (bicyclic) bond motifs is 2. The fourth-order valence-electron chi connectivity index (χ4n) is 2.02. The van der Waals surface area contributed by atoms with Crippen LogP contribution in [0.1, 0.15) is 0 Å². The summed E-state index contributed by atoms with van der Waals surface area (Å²) in [6.45, 7) is 0. The molecule has 0 aliphatic carbocycles. The molecule has 0 unspecified atom stereocenters. The Balaban J connectivity index is 2.05. The summed E-state index contributed by atoms with van der Waals surface area (Å²) in [4.78, 5) is 23.0. The van der Waals surface area contributed by atoms with E-state index in [4.69, 9.17) is 4.74 Å². The third-order valence-corrected chi connectivity index (χ3v) is 3.00. The lowest BCUT2D eigenvalue weighted by Crippen LogP contribution is -2.24. The predicted octanol–water partition coefficient (Wildman–Crippen LogP) is 2.23. The molecule has 0 saturated carbocycles. The number of hydrogen-bond acceptors (Lipinski definition) is 5. The predicted molar refractivity (Wildman–Crippen MR) is 73.3 cm³/mol. The molecule has 0 aromatic heterocycles. The van der Waals surface area contributed by atoms with Gasteiger partial charge in [-0.3, -0.25) is 0 Å². The van der Waals surface area contributed by atoms with Crippen molar-refractivity contribution < 1.29 is 19.1 Å². The zero-order valence-corrected chi connectivity index (χ0v) is 10.7. The summed E-state index contributed by atoms with van der Waals surface area (Å²) in [6.07, 6.45) is 1.07. The number of esters is 2. The number of rotatable bonds is 1. The maximum Gasteiger partial charge on any atom is 0.360 e. The lowest BCUT2D eigenvalue weighted by Gasteiger charge is -2.20. The smallest absolute Gasteiger partial charge is 0.360 e. The monoisotopic (exact) mass is 269 g/mol. The molecule has 20 heavy (non-hydrogen) atoms. The van der Waals surface area contributed by atoms with Crippen LogP contribution >= 0.6 is 0 Å². The quantitative estimate of drug-likeness (QED) is 0.488. The van der Waals surface area contributed by atoms with Crippen LogP contribution in [0.3, 0.4) is 0 Å². The molecule has 1 aliphatic heterocycles. The highest BCUT2D eigenvalue weighted by Crippen LogP contribution is 2.34. The van der Waals surface area contributed by atoms with Crippen molar-refractivity contribution in [2.24, 2.45) is 0 Å². The maximum atomic E-state index is 11.8. The van der Waals surface area contributed by atoms with Gasteiger partial charge in [0.25, 0.3) is 0 Å². The third-order valence-electron chi connectivity index (χ3n) is 3.00. The van der Waals surface area contributed by atoms with Gasteiger partial charge in [0.05, 0.1) is 18.9 Å². The summed E-state index contributed by atoms with van der Waals surface area (Å²) in [6, 6.07) is 11.4. The number of anilines is 1. The minimum atomic E-state index is -0.617. The standard InChI is InChI=1S/C15H11NO4/c1-19-14(17)8-12-15(18)20-13-7-10-5-3-2-4-9(10)6-11(13)16-12/h2-8,16H,1H3/b12-8-. The van der Waals surface area contributed by atoms with Gasteiger partial charge in [-0.25, -0.2) is 9.59 Å². The first-order chi connectivity index (χ1) is 9.67. The highest BCUT2D eigenvalue weighted by Gasteiger charge is 2.23. The van der Waals surface area contributed by atoms with Gasteiger partial charge < -0.3 is 14.8 Å². The number of nitrogens with one attached hydrogen (secondary N) is 1. The Bertz CT molecular complexity index is 749. The van der Waals surface area contributed by atoms with Crippen molar-refractivity contribution in [2.45, 2.75) is 0 Å². The van der Waals surface area contributed by atoms with E-state index in [9.17, 15) is 9.59 Å². The summed E-state index contributed by atoms with van der Waals surface area (Å²) in [5, 5.41) is 4.87. The highest BCUT2D eigenvalue weighted by molar-refractivity contribution is 6.04. The second kappa shape index (κ2) is 4.70. The van der Waals surface area contributed by atoms with Gasteiger partial charge in [-0.15, -0.1) is 0 Å². The molecule has 1 aliphatic rings. The lowest BCUT2D eigenvalue weighted by molar-refractivity contribution is -0.136. The van der Waals surface area contributed by atoms with E-state index in [0.717, 1.165) is 16.8 Å². The van der Waals surface area contributed by atoms with Gasteiger partial charge in [-0.05, 0) is 22.9 Å². The highest BCUT2D eigenvalue weighted by atomic mass is 16.5. The van der Waals surface area contributed by atoms with Gasteiger partial charge in [0.2, 0.25) is 0 Å². The Kier molecular flexibility index (Phi) is 2.87. The Morgan fingerprint density at radius 1 is 1.25 bits per heavy atom. The molecule has 0 spiro atoms. The molecule has 0 amide bonds. The van der Waals surface area contributed by atoms with E-state index < -0.39 is 11.9 Å². The van der Waals surface area contributed by atoms with Crippen LogP contribution in [0, 0.1) is 0 Å². The number of carbonyl (C=O) groups is 2. The van der Waals surface area contributed by atoms with Crippen LogP contribution < -0.4 is 10.1 Å². The Morgan fingerprint density at radius 3 is 2.65 bits per heavy atom. The Morgan fingerprint density at radius 2 is 1.95 bits per heavy atom. The molecule has 2 aromatic carbocycles. The molecule has 0 saturated heterocycles. The Hall–Kier alpha value is -2.82. The molecular weight excluding hydrogens is 258 g/mol. The first-order valence-corrected chi connectivity index (χ1v) is 5.99. The van der Waals surface area contributed by atoms with Crippen LogP contribution in [0.4, 0.5) is 5.69 Å². The van der Waals surface area contributed by atoms with Crippen molar-refractivity contribution in [1.82, 2.24) is 0 Å². The number of hydrogen-bond donors (Lipinski definition) is 1. The molecule has 0 bridgehead atoms. The minimum absolute atomic E-state index is 0.0552. The summed E-state index contributed by atoms with van der Waals surface area (Å²) < 4.78 is 9.72. The minimum Gasteiger partial charge on any atom is -0.466 e. The molecule has 0 radical (unpaired) electrons. The molecule has 5 heteroatoms. The van der Waals surface area contributed by atoms with E-state index in [0.29, 0.717) is 11.4 Å². The van der Waals surface area contributed by atoms with Crippen LogP contribution in [-0.4, -0.2) is 19.0 Å². The first-order valence-electron chi connectivity index (χ1n) is 5.99. The maximum absolute atomic E-state index is 11.8. The molecule has 0 atom stereocenters. The van der Waals surface area contributed by atoms with E-state index in [1.807, 2.05) is 30.3 Å². The van der Waals surface area contributed by atoms with Crippen LogP contribution in [0.25, 0.3) is 10.8 Å². The van der Waals surface area contributed by atoms with Gasteiger partial charge in [0.15, 0.2) is 5.75 Å². The molecule has 1 N–H and O–H groups in total. The van der Waals surface area contributed by atoms with Crippen molar-refractivity contribution in [3.63, 3.8) is 0 Å². The summed E-state index contributed by atoms with van der Waals surface area (Å²) in [5.41, 5.74) is 0.693.